The fourth-order valence-corrected chi connectivity index (χ4v) is 3.58. The van der Waals surface area contributed by atoms with Crippen LogP contribution in [0, 0.1) is 0 Å². The summed E-state index contributed by atoms with van der Waals surface area (Å²) in [6.07, 6.45) is 1.39. The third-order valence-corrected chi connectivity index (χ3v) is 5.39. The Bertz CT molecular complexity index is 1060. The molecule has 0 aliphatic heterocycles. The molecule has 142 valence electrons. The standard InChI is InChI=1S/C23H21NO3S/c1-2-27-23(17-18-28(25,26)22-11-7-4-8-12-22)24-21-15-13-20(14-16-21)19-9-5-3-6-10-19/h3-18H,2H2,1H3. The van der Waals surface area contributed by atoms with Gasteiger partial charge in [-0.3, -0.25) is 0 Å². The molecule has 4 nitrogen and oxygen atoms in total. The minimum absolute atomic E-state index is 0.231. The zero-order valence-electron chi connectivity index (χ0n) is 15.5. The van der Waals surface area contributed by atoms with E-state index in [0.717, 1.165) is 16.5 Å². The van der Waals surface area contributed by atoms with Crippen LogP contribution < -0.4 is 0 Å². The van der Waals surface area contributed by atoms with E-state index >= 15 is 0 Å². The molecule has 0 aromatic heterocycles. The van der Waals surface area contributed by atoms with Gasteiger partial charge in [-0.05, 0) is 42.3 Å². The molecule has 0 spiro atoms. The molecule has 28 heavy (non-hydrogen) atoms. The van der Waals surface area contributed by atoms with Crippen LogP contribution in [0.15, 0.2) is 106 Å². The molecular weight excluding hydrogens is 370 g/mol. The highest BCUT2D eigenvalue weighted by molar-refractivity contribution is 7.94. The molecule has 0 atom stereocenters. The van der Waals surface area contributed by atoms with E-state index in [1.807, 2.05) is 61.5 Å². The van der Waals surface area contributed by atoms with Crippen molar-refractivity contribution in [2.45, 2.75) is 11.8 Å². The van der Waals surface area contributed by atoms with Crippen molar-refractivity contribution < 1.29 is 13.2 Å². The number of benzene rings is 3. The lowest BCUT2D eigenvalue weighted by molar-refractivity contribution is 0.330. The zero-order chi connectivity index (χ0) is 19.8. The molecule has 0 fully saturated rings. The van der Waals surface area contributed by atoms with Gasteiger partial charge >= 0.3 is 0 Å². The van der Waals surface area contributed by atoms with Crippen LogP contribution in [0.1, 0.15) is 6.92 Å². The Hall–Kier alpha value is -3.18. The van der Waals surface area contributed by atoms with E-state index in [2.05, 4.69) is 4.99 Å². The topological polar surface area (TPSA) is 55.7 Å². The summed E-state index contributed by atoms with van der Waals surface area (Å²) in [5.74, 6) is 0.245. The Morgan fingerprint density at radius 2 is 1.43 bits per heavy atom. The number of hydrogen-bond acceptors (Lipinski definition) is 4. The van der Waals surface area contributed by atoms with E-state index in [0.29, 0.717) is 12.3 Å². The predicted octanol–water partition coefficient (Wildman–Crippen LogP) is 5.41. The van der Waals surface area contributed by atoms with E-state index in [-0.39, 0.29) is 10.8 Å². The molecule has 0 unspecified atom stereocenters. The fraction of sp³-hybridized carbons (Fsp3) is 0.0870. The van der Waals surface area contributed by atoms with Gasteiger partial charge < -0.3 is 4.74 Å². The molecule has 0 radical (unpaired) electrons. The summed E-state index contributed by atoms with van der Waals surface area (Å²) in [6, 6.07) is 26.0. The normalized spacial score (nSPS) is 12.2. The Morgan fingerprint density at radius 3 is 2.04 bits per heavy atom. The predicted molar refractivity (Wildman–Crippen MR) is 113 cm³/mol. The quantitative estimate of drug-likeness (QED) is 0.417. The van der Waals surface area contributed by atoms with Crippen LogP contribution >= 0.6 is 0 Å². The van der Waals surface area contributed by atoms with Gasteiger partial charge in [0, 0.05) is 11.5 Å². The van der Waals surface area contributed by atoms with E-state index in [1.165, 1.54) is 6.08 Å². The van der Waals surface area contributed by atoms with Crippen LogP contribution in [-0.2, 0) is 14.6 Å². The van der Waals surface area contributed by atoms with Crippen molar-refractivity contribution in [1.82, 2.24) is 0 Å². The molecule has 0 bridgehead atoms. The minimum Gasteiger partial charge on any atom is -0.478 e. The summed E-state index contributed by atoms with van der Waals surface area (Å²) in [6.45, 7) is 2.21. The zero-order valence-corrected chi connectivity index (χ0v) is 16.3. The molecule has 0 N–H and O–H groups in total. The molecule has 0 aliphatic rings. The summed E-state index contributed by atoms with van der Waals surface area (Å²) in [4.78, 5) is 4.65. The second-order valence-corrected chi connectivity index (χ2v) is 7.79. The van der Waals surface area contributed by atoms with Crippen molar-refractivity contribution in [3.63, 3.8) is 0 Å². The van der Waals surface area contributed by atoms with Crippen LogP contribution in [0.3, 0.4) is 0 Å². The van der Waals surface area contributed by atoms with Crippen LogP contribution in [0.25, 0.3) is 11.1 Å². The maximum atomic E-state index is 12.4. The van der Waals surface area contributed by atoms with E-state index in [1.54, 1.807) is 30.3 Å². The molecule has 0 saturated carbocycles. The van der Waals surface area contributed by atoms with Gasteiger partial charge in [-0.2, -0.15) is 0 Å². The lowest BCUT2D eigenvalue weighted by atomic mass is 10.1. The molecule has 0 aliphatic carbocycles. The monoisotopic (exact) mass is 391 g/mol. The van der Waals surface area contributed by atoms with E-state index < -0.39 is 9.84 Å². The summed E-state index contributed by atoms with van der Waals surface area (Å²) < 4.78 is 30.3. The maximum absolute atomic E-state index is 12.4. The third-order valence-electron chi connectivity index (χ3n) is 3.97. The third kappa shape index (κ3) is 5.18. The van der Waals surface area contributed by atoms with E-state index in [4.69, 9.17) is 4.74 Å². The fourth-order valence-electron chi connectivity index (χ4n) is 2.59. The molecular formula is C23H21NO3S. The Morgan fingerprint density at radius 1 is 0.857 bits per heavy atom. The number of aliphatic imine (C=N–C) groups is 1. The Balaban J connectivity index is 1.83. The molecule has 0 heterocycles. The Kier molecular flexibility index (Phi) is 6.40. The number of nitrogens with zero attached hydrogens (tertiary/aromatic N) is 1. The van der Waals surface area contributed by atoms with Gasteiger partial charge in [0.1, 0.15) is 0 Å². The lowest BCUT2D eigenvalue weighted by Crippen LogP contribution is -2.03. The highest BCUT2D eigenvalue weighted by atomic mass is 32.2. The first-order valence-electron chi connectivity index (χ1n) is 8.94. The second-order valence-electron chi connectivity index (χ2n) is 5.96. The van der Waals surface area contributed by atoms with Crippen molar-refractivity contribution in [3.8, 4) is 11.1 Å². The summed E-state index contributed by atoms with van der Waals surface area (Å²) >= 11 is 0. The van der Waals surface area contributed by atoms with Gasteiger partial charge in [-0.1, -0.05) is 60.7 Å². The molecule has 0 amide bonds. The van der Waals surface area contributed by atoms with Crippen LogP contribution in [0.2, 0.25) is 0 Å². The van der Waals surface area contributed by atoms with Crippen molar-refractivity contribution in [1.29, 1.82) is 0 Å². The largest absolute Gasteiger partial charge is 0.478 e. The second kappa shape index (κ2) is 9.15. The van der Waals surface area contributed by atoms with Crippen molar-refractivity contribution in [2.24, 2.45) is 4.99 Å². The number of ether oxygens (including phenoxy) is 1. The van der Waals surface area contributed by atoms with Crippen LogP contribution in [0.4, 0.5) is 5.69 Å². The van der Waals surface area contributed by atoms with Gasteiger partial charge in [0.15, 0.2) is 9.84 Å². The smallest absolute Gasteiger partial charge is 0.214 e. The maximum Gasteiger partial charge on any atom is 0.214 e. The molecule has 3 rings (SSSR count). The van der Waals surface area contributed by atoms with Crippen LogP contribution in [0.5, 0.6) is 0 Å². The molecule has 0 saturated heterocycles. The summed E-state index contributed by atoms with van der Waals surface area (Å²) in [7, 11) is -3.55. The highest BCUT2D eigenvalue weighted by Gasteiger charge is 2.10. The highest BCUT2D eigenvalue weighted by Crippen LogP contribution is 2.22. The first-order chi connectivity index (χ1) is 13.6. The Labute approximate surface area is 165 Å². The molecule has 3 aromatic carbocycles. The molecule has 3 aromatic rings. The van der Waals surface area contributed by atoms with Crippen molar-refractivity contribution in [2.75, 3.05) is 6.61 Å². The SMILES string of the molecule is CCOC(C=CS(=O)(=O)c1ccccc1)=Nc1ccc(-c2ccccc2)cc1. The van der Waals surface area contributed by atoms with Gasteiger partial charge in [0.05, 0.1) is 17.2 Å². The average molecular weight is 391 g/mol. The number of sulfone groups is 1. The van der Waals surface area contributed by atoms with Crippen molar-refractivity contribution in [3.05, 3.63) is 96.4 Å². The molecule has 5 heteroatoms. The minimum atomic E-state index is -3.55. The number of rotatable bonds is 6. The lowest BCUT2D eigenvalue weighted by Gasteiger charge is -2.05. The van der Waals surface area contributed by atoms with Gasteiger partial charge in [-0.25, -0.2) is 13.4 Å². The van der Waals surface area contributed by atoms with Gasteiger partial charge in [-0.15, -0.1) is 0 Å². The first kappa shape index (κ1) is 19.6. The van der Waals surface area contributed by atoms with Crippen LogP contribution in [-0.4, -0.2) is 20.9 Å². The van der Waals surface area contributed by atoms with Crippen molar-refractivity contribution >= 4 is 21.4 Å². The summed E-state index contributed by atoms with van der Waals surface area (Å²) in [5.41, 5.74) is 2.89. The van der Waals surface area contributed by atoms with Gasteiger partial charge in [0.2, 0.25) is 5.90 Å². The summed E-state index contributed by atoms with van der Waals surface area (Å²) in [5, 5.41) is 1.12. The average Bonchev–Trinajstić information content (AvgIpc) is 2.74. The first-order valence-corrected chi connectivity index (χ1v) is 10.5. The van der Waals surface area contributed by atoms with E-state index in [9.17, 15) is 8.42 Å². The van der Waals surface area contributed by atoms with Gasteiger partial charge in [0.25, 0.3) is 0 Å². The number of hydrogen-bond donors (Lipinski definition) is 0.